The van der Waals surface area contributed by atoms with E-state index in [2.05, 4.69) is 46.5 Å². The van der Waals surface area contributed by atoms with Crippen molar-refractivity contribution in [3.8, 4) is 5.75 Å². The fraction of sp³-hybridized carbons (Fsp3) is 0.455. The third kappa shape index (κ3) is 9.33. The highest BCUT2D eigenvalue weighted by atomic mass is 16.6. The normalized spacial score (nSPS) is 13.7. The van der Waals surface area contributed by atoms with E-state index in [0.29, 0.717) is 36.2 Å². The van der Waals surface area contributed by atoms with Gasteiger partial charge < -0.3 is 34.7 Å². The molecule has 3 aromatic rings. The number of carbonyl (C=O) groups excluding carboxylic acids is 2. The lowest BCUT2D eigenvalue weighted by atomic mass is 10.0. The number of anilines is 3. The van der Waals surface area contributed by atoms with E-state index in [1.807, 2.05) is 51.1 Å². The zero-order chi connectivity index (χ0) is 30.8. The van der Waals surface area contributed by atoms with Crippen molar-refractivity contribution in [3.05, 3.63) is 71.9 Å². The number of nitrogens with one attached hydrogen (secondary N) is 2. The molecule has 0 spiro atoms. The molecule has 0 saturated carbocycles. The minimum absolute atomic E-state index is 0.144. The van der Waals surface area contributed by atoms with E-state index in [-0.39, 0.29) is 12.1 Å². The van der Waals surface area contributed by atoms with Crippen molar-refractivity contribution in [2.45, 2.75) is 72.1 Å². The Morgan fingerprint density at radius 1 is 1.02 bits per heavy atom. The molecule has 43 heavy (non-hydrogen) atoms. The molecular formula is C33H45N6O4+. The van der Waals surface area contributed by atoms with Gasteiger partial charge in [0.1, 0.15) is 5.75 Å². The number of hydrogen-bond donors (Lipinski definition) is 2. The van der Waals surface area contributed by atoms with Crippen molar-refractivity contribution in [3.63, 3.8) is 0 Å². The Balaban J connectivity index is 1.57. The van der Waals surface area contributed by atoms with Gasteiger partial charge in [0.05, 0.1) is 11.9 Å². The molecule has 1 saturated heterocycles. The fourth-order valence-electron chi connectivity index (χ4n) is 4.81. The summed E-state index contributed by atoms with van der Waals surface area (Å²) in [6.07, 6.45) is 3.85. The number of rotatable bonds is 12. The van der Waals surface area contributed by atoms with E-state index in [1.54, 1.807) is 23.2 Å². The third-order valence-electron chi connectivity index (χ3n) is 7.10. The van der Waals surface area contributed by atoms with Gasteiger partial charge in [-0.3, -0.25) is 0 Å². The van der Waals surface area contributed by atoms with Gasteiger partial charge >= 0.3 is 12.1 Å². The molecule has 2 heterocycles. The molecular weight excluding hydrogens is 544 g/mol. The van der Waals surface area contributed by atoms with Gasteiger partial charge in [-0.05, 0) is 49.9 Å². The van der Waals surface area contributed by atoms with Crippen molar-refractivity contribution in [1.82, 2.24) is 14.9 Å². The number of ether oxygens (including phenoxy) is 2. The number of carbonyl (C=O) groups is 1. The largest absolute Gasteiger partial charge is 0.506 e. The number of esters is 1. The molecule has 1 aliphatic heterocycles. The van der Waals surface area contributed by atoms with Crippen LogP contribution in [0.4, 0.5) is 22.2 Å². The summed E-state index contributed by atoms with van der Waals surface area (Å²) >= 11 is 0. The van der Waals surface area contributed by atoms with Gasteiger partial charge in [-0.15, -0.1) is 0 Å². The van der Waals surface area contributed by atoms with Gasteiger partial charge in [-0.1, -0.05) is 42.5 Å². The van der Waals surface area contributed by atoms with Crippen LogP contribution in [-0.4, -0.2) is 69.5 Å². The summed E-state index contributed by atoms with van der Waals surface area (Å²) in [5, 5.41) is 6.88. The fourth-order valence-corrected chi connectivity index (χ4v) is 4.81. The summed E-state index contributed by atoms with van der Waals surface area (Å²) in [4.78, 5) is 36.9. The van der Waals surface area contributed by atoms with Gasteiger partial charge in [0.15, 0.2) is 17.5 Å². The first kappa shape index (κ1) is 31.6. The number of aromatic nitrogens is 2. The van der Waals surface area contributed by atoms with Crippen LogP contribution in [0.25, 0.3) is 0 Å². The molecule has 2 aromatic carbocycles. The van der Waals surface area contributed by atoms with Crippen LogP contribution >= 0.6 is 0 Å². The zero-order valence-electron chi connectivity index (χ0n) is 26.0. The topological polar surface area (TPSA) is 113 Å². The van der Waals surface area contributed by atoms with E-state index < -0.39 is 11.6 Å². The maximum Gasteiger partial charge on any atom is 0.506 e. The Kier molecular flexibility index (Phi) is 10.8. The predicted octanol–water partition coefficient (Wildman–Crippen LogP) is 5.87. The second-order valence-electron chi connectivity index (χ2n) is 11.6. The van der Waals surface area contributed by atoms with Crippen LogP contribution in [0.2, 0.25) is 0 Å². The van der Waals surface area contributed by atoms with Crippen molar-refractivity contribution < 1.29 is 19.1 Å². The Morgan fingerprint density at radius 3 is 2.33 bits per heavy atom. The third-order valence-corrected chi connectivity index (χ3v) is 7.10. The first-order valence-electron chi connectivity index (χ1n) is 15.1. The summed E-state index contributed by atoms with van der Waals surface area (Å²) < 4.78 is 11.5. The maximum atomic E-state index is 12.4. The molecule has 1 aliphatic rings. The van der Waals surface area contributed by atoms with Crippen molar-refractivity contribution in [2.24, 2.45) is 0 Å². The highest BCUT2D eigenvalue weighted by Crippen LogP contribution is 2.25. The van der Waals surface area contributed by atoms with Gasteiger partial charge in [0, 0.05) is 59.9 Å². The first-order valence-corrected chi connectivity index (χ1v) is 15.1. The Labute approximate surface area is 254 Å². The van der Waals surface area contributed by atoms with Crippen molar-refractivity contribution in [2.75, 3.05) is 41.7 Å². The molecule has 0 bridgehead atoms. The molecule has 10 nitrogen and oxygen atoms in total. The molecule has 0 aliphatic carbocycles. The van der Waals surface area contributed by atoms with Crippen LogP contribution in [0, 0.1) is 0 Å². The summed E-state index contributed by atoms with van der Waals surface area (Å²) in [6, 6.07) is 16.8. The van der Waals surface area contributed by atoms with E-state index in [0.717, 1.165) is 50.1 Å². The van der Waals surface area contributed by atoms with Crippen LogP contribution in [-0.2, 0) is 17.7 Å². The van der Waals surface area contributed by atoms with Gasteiger partial charge in [0.25, 0.3) is 0 Å². The highest BCUT2D eigenvalue weighted by Gasteiger charge is 2.34. The number of likely N-dealkylation sites (tertiary alicyclic amines) is 1. The lowest BCUT2D eigenvalue weighted by Crippen LogP contribution is -2.39. The molecule has 0 unspecified atom stereocenters. The average molecular weight is 590 g/mol. The number of benzene rings is 2. The molecule has 0 radical (unpaired) electrons. The Hall–Kier alpha value is -4.34. The molecule has 4 rings (SSSR count). The van der Waals surface area contributed by atoms with Gasteiger partial charge in [-0.25, -0.2) is 9.78 Å². The number of hydrogen-bond acceptors (Lipinski definition) is 8. The lowest BCUT2D eigenvalue weighted by Gasteiger charge is -2.23. The SMILES string of the molecule is CCN(CC)c1ncc(NCc2ccccc2)c(N[C@@H](Cc2ccc(OC(=O)N3CCCC3)cc2)C(=[OH+])OC(C)(C)C)n1. The van der Waals surface area contributed by atoms with Crippen LogP contribution in [0.3, 0.4) is 0 Å². The van der Waals surface area contributed by atoms with E-state index in [9.17, 15) is 9.59 Å². The summed E-state index contributed by atoms with van der Waals surface area (Å²) in [7, 11) is 0. The van der Waals surface area contributed by atoms with Crippen LogP contribution < -0.4 is 20.3 Å². The van der Waals surface area contributed by atoms with Crippen LogP contribution in [0.15, 0.2) is 60.8 Å². The monoisotopic (exact) mass is 589 g/mol. The molecule has 1 atom stereocenters. The van der Waals surface area contributed by atoms with Crippen molar-refractivity contribution in [1.29, 1.82) is 0 Å². The smallest absolute Gasteiger partial charge is 0.410 e. The minimum atomic E-state index is -0.631. The van der Waals surface area contributed by atoms with Gasteiger partial charge in [-0.2, -0.15) is 4.98 Å². The van der Waals surface area contributed by atoms with Crippen LogP contribution in [0.5, 0.6) is 5.75 Å². The van der Waals surface area contributed by atoms with E-state index >= 15 is 0 Å². The quantitative estimate of drug-likeness (QED) is 0.199. The molecule has 230 valence electrons. The van der Waals surface area contributed by atoms with E-state index in [4.69, 9.17) is 14.5 Å². The molecule has 10 heteroatoms. The molecule has 1 aromatic heterocycles. The highest BCUT2D eigenvalue weighted by molar-refractivity contribution is 5.82. The predicted molar refractivity (Wildman–Crippen MR) is 172 cm³/mol. The Bertz CT molecular complexity index is 1330. The standard InChI is InChI=1S/C33H44N6O4/c1-6-38(7-2)31-35-23-28(34-22-25-13-9-8-10-14-25)29(37-31)36-27(30(40)43-33(3,4)5)21-24-15-17-26(18-16-24)42-32(41)39-19-11-12-20-39/h8-10,13-18,23,27,34H,6-7,11-12,19-22H2,1-5H3,(H,35,36,37)/p+1/t27-/m0/s1. The van der Waals surface area contributed by atoms with Crippen LogP contribution in [0.1, 0.15) is 58.6 Å². The first-order chi connectivity index (χ1) is 20.6. The summed E-state index contributed by atoms with van der Waals surface area (Å²) in [5.74, 6) is 1.49. The summed E-state index contributed by atoms with van der Waals surface area (Å²) in [6.45, 7) is 13.4. The molecule has 1 fully saturated rings. The Morgan fingerprint density at radius 2 is 1.70 bits per heavy atom. The number of nitrogens with zero attached hydrogens (tertiary/aromatic N) is 4. The maximum absolute atomic E-state index is 12.4. The zero-order valence-corrected chi connectivity index (χ0v) is 26.0. The summed E-state index contributed by atoms with van der Waals surface area (Å²) in [5.41, 5.74) is 2.13. The van der Waals surface area contributed by atoms with Crippen molar-refractivity contribution >= 4 is 29.5 Å². The second kappa shape index (κ2) is 14.7. The second-order valence-corrected chi connectivity index (χ2v) is 11.6. The lowest BCUT2D eigenvalue weighted by molar-refractivity contribution is 0.0952. The molecule has 3 N–H and O–H groups in total. The number of amides is 1. The van der Waals surface area contributed by atoms with Gasteiger partial charge in [0.2, 0.25) is 5.95 Å². The average Bonchev–Trinajstić information content (AvgIpc) is 3.53. The minimum Gasteiger partial charge on any atom is -0.410 e. The molecule has 1 amide bonds. The van der Waals surface area contributed by atoms with E-state index in [1.165, 1.54) is 0 Å².